The van der Waals surface area contributed by atoms with Gasteiger partial charge in [-0.1, -0.05) is 57.4 Å². The second-order valence-corrected chi connectivity index (χ2v) is 26.3. The minimum absolute atomic E-state index is 0.0733. The molecule has 7 atom stereocenters. The number of nitrogens with one attached hydrogen (secondary N) is 6. The normalized spacial score (nSPS) is 20.8. The molecule has 99 heavy (non-hydrogen) atoms. The number of fused-ring (bicyclic) bond motifs is 5. The smallest absolute Gasteiger partial charge is 0.416 e. The van der Waals surface area contributed by atoms with Crippen LogP contribution in [0.5, 0.6) is 28.7 Å². The number of allylic oxidation sites excluding steroid dienone is 2. The lowest BCUT2D eigenvalue weighted by molar-refractivity contribution is -0.132. The lowest BCUT2D eigenvalue weighted by atomic mass is 10.0. The van der Waals surface area contributed by atoms with Crippen molar-refractivity contribution in [1.29, 1.82) is 0 Å². The van der Waals surface area contributed by atoms with Gasteiger partial charge >= 0.3 is 12.2 Å². The van der Waals surface area contributed by atoms with Gasteiger partial charge in [0.1, 0.15) is 31.0 Å². The Balaban J connectivity index is 0.686. The number of hydrogen-bond acceptors (Lipinski definition) is 19. The highest BCUT2D eigenvalue weighted by atomic mass is 16.6. The quantitative estimate of drug-likeness (QED) is 0.0279. The van der Waals surface area contributed by atoms with E-state index in [1.54, 1.807) is 61.1 Å². The van der Waals surface area contributed by atoms with Crippen molar-refractivity contribution in [3.8, 4) is 28.7 Å². The molecular weight excluding hydrogens is 1270 g/mol. The van der Waals surface area contributed by atoms with Crippen LogP contribution in [0.2, 0.25) is 0 Å². The largest absolute Gasteiger partial charge is 0.497 e. The first kappa shape index (κ1) is 71.8. The van der Waals surface area contributed by atoms with Gasteiger partial charge in [-0.3, -0.25) is 28.8 Å². The molecule has 0 radical (unpaired) electrons. The maximum atomic E-state index is 14.6. The number of hydrogen-bond donors (Lipinski definition) is 9. The molecule has 4 heterocycles. The molecule has 27 heteroatoms. The molecule has 4 aromatic carbocycles. The van der Waals surface area contributed by atoms with Gasteiger partial charge in [-0.05, 0) is 148 Å². The summed E-state index contributed by atoms with van der Waals surface area (Å²) in [6.45, 7) is 5.42. The van der Waals surface area contributed by atoms with Crippen molar-refractivity contribution in [2.24, 2.45) is 35.1 Å². The van der Waals surface area contributed by atoms with Crippen LogP contribution >= 0.6 is 0 Å². The molecule has 11 N–H and O–H groups in total. The SMILES string of the molecule is COc1ccc(C2=CN3C(=O)c4cc(OC)c(OCCCCCOc5cc6c(cc5OC)C(=O)N5CCCCCCC5C(O)N6C(=O)OCc5ccc(NC(=O)C(C)NC(=O)C(NC(=O)CNC(=O)CNC(=O)OCC6C7CCC(N)=C(N)CCC76)C(C)C)cc5)cc4NCC3C2)cc1. The molecule has 1 saturated heterocycles. The fourth-order valence-electron chi connectivity index (χ4n) is 13.6. The van der Waals surface area contributed by atoms with Gasteiger partial charge in [0.2, 0.25) is 23.6 Å². The molecule has 0 aromatic heterocycles. The first-order valence-electron chi connectivity index (χ1n) is 34.2. The summed E-state index contributed by atoms with van der Waals surface area (Å²) in [6.07, 6.45) is 8.25. The van der Waals surface area contributed by atoms with Crippen molar-refractivity contribution in [2.45, 2.75) is 141 Å². The number of amides is 8. The molecule has 4 aromatic rings. The lowest BCUT2D eigenvalue weighted by Crippen LogP contribution is -2.55. The molecule has 8 amide bonds. The molecule has 10 rings (SSSR count). The van der Waals surface area contributed by atoms with E-state index < -0.39 is 79.2 Å². The highest BCUT2D eigenvalue weighted by molar-refractivity contribution is 6.06. The lowest BCUT2D eigenvalue weighted by Gasteiger charge is -2.37. The number of nitrogens with zero attached hydrogens (tertiary/aromatic N) is 3. The van der Waals surface area contributed by atoms with E-state index in [-0.39, 0.29) is 66.3 Å². The summed E-state index contributed by atoms with van der Waals surface area (Å²) < 4.78 is 40.7. The molecule has 0 bridgehead atoms. The van der Waals surface area contributed by atoms with Crippen LogP contribution in [0.4, 0.5) is 26.7 Å². The van der Waals surface area contributed by atoms with Crippen molar-refractivity contribution in [1.82, 2.24) is 31.1 Å². The number of anilines is 3. The first-order chi connectivity index (χ1) is 47.7. The van der Waals surface area contributed by atoms with Crippen molar-refractivity contribution in [3.05, 3.63) is 113 Å². The number of ether oxygens (including phenoxy) is 7. The topological polar surface area (TPSA) is 355 Å². The number of nitrogens with two attached hydrogens (primary N) is 2. The fourth-order valence-corrected chi connectivity index (χ4v) is 13.6. The minimum Gasteiger partial charge on any atom is -0.497 e. The molecule has 532 valence electrons. The third-order valence-corrected chi connectivity index (χ3v) is 19.4. The molecule has 6 aliphatic rings. The van der Waals surface area contributed by atoms with Crippen molar-refractivity contribution >= 4 is 70.3 Å². The zero-order valence-electron chi connectivity index (χ0n) is 57.1. The Morgan fingerprint density at radius 2 is 1.34 bits per heavy atom. The van der Waals surface area contributed by atoms with E-state index in [1.807, 2.05) is 36.5 Å². The number of carbonyl (C=O) groups excluding carboxylic acids is 8. The van der Waals surface area contributed by atoms with Crippen molar-refractivity contribution in [2.75, 3.05) is 82.9 Å². The van der Waals surface area contributed by atoms with E-state index >= 15 is 0 Å². The summed E-state index contributed by atoms with van der Waals surface area (Å²) in [5, 5.41) is 28.5. The third-order valence-electron chi connectivity index (χ3n) is 19.4. The molecule has 27 nitrogen and oxygen atoms in total. The zero-order valence-corrected chi connectivity index (χ0v) is 57.1. The zero-order chi connectivity index (χ0) is 70.4. The van der Waals surface area contributed by atoms with Crippen LogP contribution in [0.15, 0.2) is 90.4 Å². The summed E-state index contributed by atoms with van der Waals surface area (Å²) in [4.78, 5) is 112. The molecule has 2 fully saturated rings. The predicted molar refractivity (Wildman–Crippen MR) is 368 cm³/mol. The summed E-state index contributed by atoms with van der Waals surface area (Å²) in [6, 6.07) is 17.9. The van der Waals surface area contributed by atoms with E-state index in [2.05, 4.69) is 31.9 Å². The van der Waals surface area contributed by atoms with E-state index in [0.717, 1.165) is 65.3 Å². The van der Waals surface area contributed by atoms with Crippen LogP contribution < -0.4 is 72.0 Å². The van der Waals surface area contributed by atoms with E-state index in [1.165, 1.54) is 33.3 Å². The monoisotopic (exact) mass is 1370 g/mol. The Labute approximate surface area is 576 Å². The van der Waals surface area contributed by atoms with Gasteiger partial charge in [-0.25, -0.2) is 14.5 Å². The number of methoxy groups -OCH3 is 3. The summed E-state index contributed by atoms with van der Waals surface area (Å²) in [7, 11) is 4.63. The van der Waals surface area contributed by atoms with Crippen molar-refractivity contribution < 1.29 is 76.6 Å². The summed E-state index contributed by atoms with van der Waals surface area (Å²) in [5.41, 5.74) is 17.9. The first-order valence-corrected chi connectivity index (χ1v) is 34.2. The van der Waals surface area contributed by atoms with E-state index in [4.69, 9.17) is 44.6 Å². The van der Waals surface area contributed by atoms with Gasteiger partial charge in [0.05, 0.1) is 82.3 Å². The Kier molecular flexibility index (Phi) is 24.0. The number of alkyl carbamates (subject to hydrolysis) is 1. The van der Waals surface area contributed by atoms with E-state index in [0.29, 0.717) is 117 Å². The Bertz CT molecular complexity index is 3650. The van der Waals surface area contributed by atoms with Gasteiger partial charge < -0.3 is 91.4 Å². The maximum Gasteiger partial charge on any atom is 0.416 e. The number of aliphatic hydroxyl groups excluding tert-OH is 1. The fraction of sp³-hybridized carbons (Fsp3) is 0.500. The van der Waals surface area contributed by atoms with Crippen molar-refractivity contribution in [3.63, 3.8) is 0 Å². The van der Waals surface area contributed by atoms with Gasteiger partial charge in [0.25, 0.3) is 11.8 Å². The number of rotatable bonds is 26. The summed E-state index contributed by atoms with van der Waals surface area (Å²) in [5.74, 6) is -0.221. The minimum atomic E-state index is -1.49. The third kappa shape index (κ3) is 17.7. The number of benzene rings is 4. The number of aliphatic hydroxyl groups is 1. The molecule has 0 spiro atoms. The van der Waals surface area contributed by atoms with Gasteiger partial charge in [0.15, 0.2) is 29.2 Å². The predicted octanol–water partition coefficient (Wildman–Crippen LogP) is 7.26. The Morgan fingerprint density at radius 3 is 2.01 bits per heavy atom. The van der Waals surface area contributed by atoms with Gasteiger partial charge in [-0.15, -0.1) is 0 Å². The van der Waals surface area contributed by atoms with Crippen LogP contribution in [0.3, 0.4) is 0 Å². The standard InChI is InChI=1S/C72H93N11O16/c1-41(2)65(80-64(85)37-76-63(84)36-77-71(91)98-40-53-49-23-25-54(73)55(74)26-24-50(49)53)67(87)78-42(3)66(86)79-46-19-15-43(16-20-46)39-99-72(92)83-58-34-62(60(95-6)32-52(58)69(89)81-27-11-8-7-10-14-57(81)70(83)90)97-29-13-9-12-28-96-61-33-56-51(31-59(61)94-5)68(88)82-38-45(30-47(82)35-75-56)44-17-21-48(93-4)22-18-44/h15-22,31-34,38,41-42,47,49-50,53,57,65,70,75,90H,7-14,23-30,35-37,39-40,73-74H2,1-6H3,(H,76,84)(H,77,91)(H,78,87)(H,79,86)(H,80,85). The van der Waals surface area contributed by atoms with Gasteiger partial charge in [-0.2, -0.15) is 0 Å². The number of carbonyl (C=O) groups is 8. The molecule has 2 aliphatic carbocycles. The average molecular weight is 1370 g/mol. The molecular formula is C72H93N11O16. The van der Waals surface area contributed by atoms with Crippen LogP contribution in [0, 0.1) is 23.7 Å². The van der Waals surface area contributed by atoms with Gasteiger partial charge in [0, 0.05) is 48.5 Å². The van der Waals surface area contributed by atoms with Crippen LogP contribution in [0.25, 0.3) is 5.57 Å². The van der Waals surface area contributed by atoms with Crippen LogP contribution in [0.1, 0.15) is 136 Å². The second-order valence-electron chi connectivity index (χ2n) is 26.3. The number of unbranched alkanes of at least 4 members (excludes halogenated alkanes) is 2. The highest BCUT2D eigenvalue weighted by Gasteiger charge is 2.50. The molecule has 4 aliphatic heterocycles. The maximum absolute atomic E-state index is 14.6. The van der Waals surface area contributed by atoms with E-state index in [9.17, 15) is 43.5 Å². The molecule has 7 unspecified atom stereocenters. The molecule has 1 saturated carbocycles. The second kappa shape index (κ2) is 33.1. The van der Waals surface area contributed by atoms with Crippen LogP contribution in [-0.4, -0.2) is 160 Å². The van der Waals surface area contributed by atoms with Crippen LogP contribution in [-0.2, 0) is 35.3 Å². The average Bonchev–Trinajstić information content (AvgIpc) is 1.35. The highest BCUT2D eigenvalue weighted by Crippen LogP contribution is 2.53. The Morgan fingerprint density at radius 1 is 0.687 bits per heavy atom. The summed E-state index contributed by atoms with van der Waals surface area (Å²) >= 11 is 0. The Hall–Kier alpha value is -9.92.